The molecule has 4 heteroatoms. The summed E-state index contributed by atoms with van der Waals surface area (Å²) < 4.78 is 0. The van der Waals surface area contributed by atoms with Crippen molar-refractivity contribution in [1.29, 1.82) is 0 Å². The predicted octanol–water partition coefficient (Wildman–Crippen LogP) is 3.07. The highest BCUT2D eigenvalue weighted by Gasteiger charge is 2.15. The maximum Gasteiger partial charge on any atom is 0.320 e. The lowest BCUT2D eigenvalue weighted by atomic mass is 10.1. The van der Waals surface area contributed by atoms with Crippen molar-refractivity contribution in [3.8, 4) is 0 Å². The van der Waals surface area contributed by atoms with Gasteiger partial charge in [0.25, 0.3) is 0 Å². The van der Waals surface area contributed by atoms with Gasteiger partial charge in [0.05, 0.1) is 0 Å². The standard InChI is InChI=1S/C13H18ClNO2/c1-2-3-4-12(13(16)17)15-9-10-5-7-11(14)8-6-10/h5-8,12,15H,2-4,9H2,1H3,(H,16,17). The second-order valence-electron chi connectivity index (χ2n) is 4.04. The smallest absolute Gasteiger partial charge is 0.320 e. The van der Waals surface area contributed by atoms with Crippen LogP contribution < -0.4 is 5.32 Å². The molecule has 1 aromatic rings. The minimum Gasteiger partial charge on any atom is -0.480 e. The molecule has 1 rings (SSSR count). The van der Waals surface area contributed by atoms with Gasteiger partial charge in [-0.3, -0.25) is 4.79 Å². The van der Waals surface area contributed by atoms with E-state index in [1.54, 1.807) is 12.1 Å². The molecule has 0 aliphatic rings. The molecule has 17 heavy (non-hydrogen) atoms. The first kappa shape index (κ1) is 14.0. The van der Waals surface area contributed by atoms with Crippen LogP contribution in [-0.4, -0.2) is 17.1 Å². The first-order valence-electron chi connectivity index (χ1n) is 5.84. The zero-order valence-corrected chi connectivity index (χ0v) is 10.7. The predicted molar refractivity (Wildman–Crippen MR) is 69.2 cm³/mol. The second kappa shape index (κ2) is 7.30. The number of rotatable bonds is 7. The highest BCUT2D eigenvalue weighted by Crippen LogP contribution is 2.10. The summed E-state index contributed by atoms with van der Waals surface area (Å²) in [5.74, 6) is -0.785. The summed E-state index contributed by atoms with van der Waals surface area (Å²) in [5, 5.41) is 12.8. The fourth-order valence-electron chi connectivity index (χ4n) is 1.56. The largest absolute Gasteiger partial charge is 0.480 e. The van der Waals surface area contributed by atoms with Crippen LogP contribution in [0.2, 0.25) is 5.02 Å². The summed E-state index contributed by atoms with van der Waals surface area (Å²) in [5.41, 5.74) is 1.04. The summed E-state index contributed by atoms with van der Waals surface area (Å²) in [6, 6.07) is 6.94. The van der Waals surface area contributed by atoms with Crippen LogP contribution in [0.4, 0.5) is 0 Å². The quantitative estimate of drug-likeness (QED) is 0.787. The van der Waals surface area contributed by atoms with E-state index in [2.05, 4.69) is 12.2 Å². The van der Waals surface area contributed by atoms with Gasteiger partial charge in [-0.15, -0.1) is 0 Å². The molecule has 94 valence electrons. The Balaban J connectivity index is 2.45. The summed E-state index contributed by atoms with van der Waals surface area (Å²) in [4.78, 5) is 11.0. The van der Waals surface area contributed by atoms with Gasteiger partial charge in [-0.25, -0.2) is 0 Å². The Kier molecular flexibility index (Phi) is 6.01. The van der Waals surface area contributed by atoms with Gasteiger partial charge >= 0.3 is 5.97 Å². The third kappa shape index (κ3) is 5.20. The fourth-order valence-corrected chi connectivity index (χ4v) is 1.69. The van der Waals surface area contributed by atoms with Crippen molar-refractivity contribution in [2.45, 2.75) is 38.8 Å². The number of benzene rings is 1. The van der Waals surface area contributed by atoms with Gasteiger partial charge < -0.3 is 10.4 Å². The van der Waals surface area contributed by atoms with Crippen molar-refractivity contribution < 1.29 is 9.90 Å². The van der Waals surface area contributed by atoms with Crippen LogP contribution in [0.15, 0.2) is 24.3 Å². The van der Waals surface area contributed by atoms with Gasteiger partial charge in [-0.1, -0.05) is 43.5 Å². The number of hydrogen-bond donors (Lipinski definition) is 2. The maximum atomic E-state index is 11.0. The van der Waals surface area contributed by atoms with Crippen LogP contribution in [0.3, 0.4) is 0 Å². The maximum absolute atomic E-state index is 11.0. The summed E-state index contributed by atoms with van der Waals surface area (Å²) in [6.07, 6.45) is 2.59. The molecular weight excluding hydrogens is 238 g/mol. The SMILES string of the molecule is CCCCC(NCc1ccc(Cl)cc1)C(=O)O. The lowest BCUT2D eigenvalue weighted by molar-refractivity contribution is -0.139. The summed E-state index contributed by atoms with van der Waals surface area (Å²) in [7, 11) is 0. The van der Waals surface area contributed by atoms with E-state index < -0.39 is 12.0 Å². The lowest BCUT2D eigenvalue weighted by Gasteiger charge is -2.13. The molecule has 0 radical (unpaired) electrons. The molecule has 0 heterocycles. The lowest BCUT2D eigenvalue weighted by Crippen LogP contribution is -2.36. The Morgan fingerprint density at radius 3 is 2.59 bits per heavy atom. The van der Waals surface area contributed by atoms with Crippen LogP contribution in [0.1, 0.15) is 31.7 Å². The molecule has 0 bridgehead atoms. The van der Waals surface area contributed by atoms with Gasteiger partial charge in [0.2, 0.25) is 0 Å². The van der Waals surface area contributed by atoms with E-state index in [1.807, 2.05) is 12.1 Å². The Morgan fingerprint density at radius 2 is 2.06 bits per heavy atom. The first-order chi connectivity index (χ1) is 8.13. The molecule has 3 nitrogen and oxygen atoms in total. The van der Waals surface area contributed by atoms with Gasteiger partial charge in [0, 0.05) is 11.6 Å². The van der Waals surface area contributed by atoms with Crippen LogP contribution in [-0.2, 0) is 11.3 Å². The molecule has 0 aliphatic heterocycles. The molecule has 0 spiro atoms. The van der Waals surface area contributed by atoms with E-state index in [4.69, 9.17) is 16.7 Å². The number of hydrogen-bond acceptors (Lipinski definition) is 2. The average molecular weight is 256 g/mol. The van der Waals surface area contributed by atoms with Crippen LogP contribution in [0, 0.1) is 0 Å². The van der Waals surface area contributed by atoms with Gasteiger partial charge in [0.15, 0.2) is 0 Å². The fraction of sp³-hybridized carbons (Fsp3) is 0.462. The average Bonchev–Trinajstić information content (AvgIpc) is 2.31. The first-order valence-corrected chi connectivity index (χ1v) is 6.22. The molecule has 0 fully saturated rings. The molecule has 0 aromatic heterocycles. The van der Waals surface area contributed by atoms with Crippen molar-refractivity contribution in [1.82, 2.24) is 5.32 Å². The molecule has 0 saturated carbocycles. The molecular formula is C13H18ClNO2. The monoisotopic (exact) mass is 255 g/mol. The minimum absolute atomic E-state index is 0.467. The van der Waals surface area contributed by atoms with E-state index in [1.165, 1.54) is 0 Å². The molecule has 1 atom stereocenters. The number of halogens is 1. The summed E-state index contributed by atoms with van der Waals surface area (Å²) >= 11 is 5.78. The van der Waals surface area contributed by atoms with E-state index in [-0.39, 0.29) is 0 Å². The third-order valence-corrected chi connectivity index (χ3v) is 2.86. The number of nitrogens with one attached hydrogen (secondary N) is 1. The highest BCUT2D eigenvalue weighted by atomic mass is 35.5. The van der Waals surface area contributed by atoms with E-state index >= 15 is 0 Å². The number of unbranched alkanes of at least 4 members (excludes halogenated alkanes) is 1. The number of carboxylic acid groups (broad SMARTS) is 1. The van der Waals surface area contributed by atoms with Gasteiger partial charge in [-0.2, -0.15) is 0 Å². The number of carboxylic acids is 1. The van der Waals surface area contributed by atoms with Gasteiger partial charge in [0.1, 0.15) is 6.04 Å². The van der Waals surface area contributed by atoms with Crippen molar-refractivity contribution in [3.63, 3.8) is 0 Å². The van der Waals surface area contributed by atoms with Crippen LogP contribution in [0.5, 0.6) is 0 Å². The Bertz CT molecular complexity index is 351. The molecule has 1 aromatic carbocycles. The Hall–Kier alpha value is -1.06. The highest BCUT2D eigenvalue weighted by molar-refractivity contribution is 6.30. The molecule has 1 unspecified atom stereocenters. The molecule has 0 amide bonds. The molecule has 2 N–H and O–H groups in total. The zero-order chi connectivity index (χ0) is 12.7. The molecule has 0 aliphatic carbocycles. The van der Waals surface area contributed by atoms with Crippen molar-refractivity contribution in [2.75, 3.05) is 0 Å². The second-order valence-corrected chi connectivity index (χ2v) is 4.48. The minimum atomic E-state index is -0.785. The van der Waals surface area contributed by atoms with Crippen LogP contribution in [0.25, 0.3) is 0 Å². The van der Waals surface area contributed by atoms with E-state index in [0.29, 0.717) is 18.0 Å². The van der Waals surface area contributed by atoms with Crippen molar-refractivity contribution in [3.05, 3.63) is 34.9 Å². The molecule has 0 saturated heterocycles. The van der Waals surface area contributed by atoms with Crippen molar-refractivity contribution >= 4 is 17.6 Å². The third-order valence-electron chi connectivity index (χ3n) is 2.61. The number of carbonyl (C=O) groups is 1. The summed E-state index contributed by atoms with van der Waals surface area (Å²) in [6.45, 7) is 2.61. The van der Waals surface area contributed by atoms with E-state index in [0.717, 1.165) is 18.4 Å². The van der Waals surface area contributed by atoms with E-state index in [9.17, 15) is 4.79 Å². The zero-order valence-electron chi connectivity index (χ0n) is 9.95. The van der Waals surface area contributed by atoms with Crippen LogP contribution >= 0.6 is 11.6 Å². The topological polar surface area (TPSA) is 49.3 Å². The Morgan fingerprint density at radius 1 is 1.41 bits per heavy atom. The Labute approximate surface area is 107 Å². The normalized spacial score (nSPS) is 12.4. The van der Waals surface area contributed by atoms with Gasteiger partial charge in [-0.05, 0) is 24.1 Å². The number of aliphatic carboxylic acids is 1. The van der Waals surface area contributed by atoms with Crippen molar-refractivity contribution in [2.24, 2.45) is 0 Å².